The van der Waals surface area contributed by atoms with Crippen LogP contribution < -0.4 is 4.74 Å². The number of nitro groups is 1. The fourth-order valence-electron chi connectivity index (χ4n) is 1.85. The second kappa shape index (κ2) is 7.26. The lowest BCUT2D eigenvalue weighted by Crippen LogP contribution is -1.86. The topological polar surface area (TPSA) is 64.7 Å². The van der Waals surface area contributed by atoms with Crippen LogP contribution in [0.4, 0.5) is 11.4 Å². The molecule has 2 aromatic rings. The van der Waals surface area contributed by atoms with Crippen LogP contribution >= 0.6 is 12.2 Å². The second-order valence-corrected chi connectivity index (χ2v) is 4.50. The number of aliphatic imine (C=N–C) groups is 1. The highest BCUT2D eigenvalue weighted by Gasteiger charge is 2.03. The smallest absolute Gasteiger partial charge is 0.269 e. The summed E-state index contributed by atoms with van der Waals surface area (Å²) in [6.07, 6.45) is 3.74. The average Bonchev–Trinajstić information content (AvgIpc) is 2.54. The van der Waals surface area contributed by atoms with Gasteiger partial charge in [-0.15, -0.1) is 0 Å². The van der Waals surface area contributed by atoms with E-state index in [1.807, 2.05) is 24.3 Å². The Morgan fingerprint density at radius 1 is 1.18 bits per heavy atom. The van der Waals surface area contributed by atoms with Crippen LogP contribution in [0.15, 0.2) is 47.5 Å². The summed E-state index contributed by atoms with van der Waals surface area (Å²) in [5, 5.41) is 12.9. The summed E-state index contributed by atoms with van der Waals surface area (Å²) in [7, 11) is 1.56. The number of ether oxygens (including phenoxy) is 1. The molecule has 6 heteroatoms. The van der Waals surface area contributed by atoms with Crippen LogP contribution in [0.3, 0.4) is 0 Å². The molecule has 0 unspecified atom stereocenters. The van der Waals surface area contributed by atoms with Gasteiger partial charge in [-0.2, -0.15) is 4.99 Å². The van der Waals surface area contributed by atoms with Gasteiger partial charge in [0.25, 0.3) is 5.69 Å². The number of benzene rings is 2. The molecule has 0 atom stereocenters. The highest BCUT2D eigenvalue weighted by atomic mass is 32.1. The summed E-state index contributed by atoms with van der Waals surface area (Å²) in [6, 6.07) is 11.8. The van der Waals surface area contributed by atoms with Crippen molar-refractivity contribution in [2.75, 3.05) is 7.11 Å². The van der Waals surface area contributed by atoms with Crippen molar-refractivity contribution in [1.29, 1.82) is 0 Å². The molecule has 2 rings (SSSR count). The van der Waals surface area contributed by atoms with Crippen LogP contribution in [0.25, 0.3) is 12.2 Å². The Labute approximate surface area is 132 Å². The third kappa shape index (κ3) is 3.85. The standard InChI is InChI=1S/C16H12N2O3S/c1-21-16-9-6-13(10-15(16)17-11-22)3-2-12-4-7-14(8-5-12)18(19)20/h2-10H,1H3/b3-2+. The van der Waals surface area contributed by atoms with Gasteiger partial charge in [-0.3, -0.25) is 10.1 Å². The number of non-ortho nitro benzene ring substituents is 1. The number of hydrogen-bond donors (Lipinski definition) is 0. The number of rotatable bonds is 5. The summed E-state index contributed by atoms with van der Waals surface area (Å²) in [6.45, 7) is 0. The molecule has 0 saturated heterocycles. The molecule has 0 aliphatic rings. The molecular weight excluding hydrogens is 300 g/mol. The lowest BCUT2D eigenvalue weighted by molar-refractivity contribution is -0.384. The van der Waals surface area contributed by atoms with Gasteiger partial charge in [-0.25, -0.2) is 0 Å². The van der Waals surface area contributed by atoms with Crippen molar-refractivity contribution < 1.29 is 9.66 Å². The maximum atomic E-state index is 10.6. The molecule has 0 aliphatic carbocycles. The van der Waals surface area contributed by atoms with E-state index in [0.717, 1.165) is 11.1 Å². The predicted octanol–water partition coefficient (Wildman–Crippen LogP) is 4.51. The van der Waals surface area contributed by atoms with Crippen molar-refractivity contribution in [2.45, 2.75) is 0 Å². The monoisotopic (exact) mass is 312 g/mol. The lowest BCUT2D eigenvalue weighted by Gasteiger charge is -2.04. The van der Waals surface area contributed by atoms with E-state index < -0.39 is 4.92 Å². The second-order valence-electron chi connectivity index (χ2n) is 4.32. The zero-order valence-corrected chi connectivity index (χ0v) is 12.5. The number of methoxy groups -OCH3 is 1. The van der Waals surface area contributed by atoms with E-state index in [1.54, 1.807) is 25.3 Å². The fourth-order valence-corrected chi connectivity index (χ4v) is 1.95. The minimum Gasteiger partial charge on any atom is -0.494 e. The maximum Gasteiger partial charge on any atom is 0.269 e. The molecule has 0 bridgehead atoms. The van der Waals surface area contributed by atoms with E-state index in [9.17, 15) is 10.1 Å². The number of thiocarbonyl (C=S) groups is 1. The van der Waals surface area contributed by atoms with Gasteiger partial charge in [0.1, 0.15) is 11.4 Å². The fraction of sp³-hybridized carbons (Fsp3) is 0.0625. The highest BCUT2D eigenvalue weighted by molar-refractivity contribution is 7.78. The molecule has 0 N–H and O–H groups in total. The first-order chi connectivity index (χ1) is 10.6. The van der Waals surface area contributed by atoms with Crippen molar-refractivity contribution in [3.8, 4) is 5.75 Å². The average molecular weight is 312 g/mol. The normalized spacial score (nSPS) is 10.2. The van der Waals surface area contributed by atoms with Crippen molar-refractivity contribution in [3.63, 3.8) is 0 Å². The van der Waals surface area contributed by atoms with Gasteiger partial charge < -0.3 is 4.74 Å². The summed E-state index contributed by atoms with van der Waals surface area (Å²) in [4.78, 5) is 14.1. The van der Waals surface area contributed by atoms with Crippen LogP contribution in [0.2, 0.25) is 0 Å². The van der Waals surface area contributed by atoms with Crippen molar-refractivity contribution >= 4 is 40.9 Å². The van der Waals surface area contributed by atoms with Gasteiger partial charge in [-0.1, -0.05) is 18.2 Å². The molecule has 0 heterocycles. The van der Waals surface area contributed by atoms with Gasteiger partial charge in [0.2, 0.25) is 0 Å². The van der Waals surface area contributed by atoms with E-state index in [0.29, 0.717) is 11.4 Å². The summed E-state index contributed by atoms with van der Waals surface area (Å²) in [5.74, 6) is 0.616. The molecule has 0 aliphatic heterocycles. The first-order valence-corrected chi connectivity index (χ1v) is 6.73. The molecule has 0 saturated carbocycles. The Balaban J connectivity index is 2.24. The van der Waals surface area contributed by atoms with Crippen molar-refractivity contribution in [3.05, 3.63) is 63.7 Å². The number of nitrogens with zero attached hydrogens (tertiary/aromatic N) is 2. The Morgan fingerprint density at radius 3 is 2.41 bits per heavy atom. The Hall–Kier alpha value is -2.82. The van der Waals surface area contributed by atoms with E-state index in [-0.39, 0.29) is 5.69 Å². The molecule has 0 fully saturated rings. The SMILES string of the molecule is COc1ccc(/C=C/c2ccc([N+](=O)[O-])cc2)cc1N=C=S. The lowest BCUT2D eigenvalue weighted by atomic mass is 10.1. The summed E-state index contributed by atoms with van der Waals surface area (Å²) < 4.78 is 5.18. The quantitative estimate of drug-likeness (QED) is 0.268. The largest absolute Gasteiger partial charge is 0.494 e. The molecule has 0 amide bonds. The van der Waals surface area contributed by atoms with Crippen molar-refractivity contribution in [2.24, 2.45) is 4.99 Å². The molecule has 0 aromatic heterocycles. The molecule has 2 aromatic carbocycles. The summed E-state index contributed by atoms with van der Waals surface area (Å²) in [5.41, 5.74) is 2.44. The first-order valence-electron chi connectivity index (χ1n) is 6.32. The van der Waals surface area contributed by atoms with Gasteiger partial charge in [0.15, 0.2) is 0 Å². The summed E-state index contributed by atoms with van der Waals surface area (Å²) >= 11 is 4.61. The van der Waals surface area contributed by atoms with E-state index in [1.165, 1.54) is 12.1 Å². The van der Waals surface area contributed by atoms with Crippen molar-refractivity contribution in [1.82, 2.24) is 0 Å². The third-order valence-electron chi connectivity index (χ3n) is 2.94. The minimum absolute atomic E-state index is 0.0687. The molecular formula is C16H12N2O3S. The number of hydrogen-bond acceptors (Lipinski definition) is 5. The van der Waals surface area contributed by atoms with Gasteiger partial charge >= 0.3 is 0 Å². The zero-order valence-electron chi connectivity index (χ0n) is 11.7. The minimum atomic E-state index is -0.424. The van der Waals surface area contributed by atoms with E-state index in [2.05, 4.69) is 22.4 Å². The third-order valence-corrected chi connectivity index (χ3v) is 3.03. The molecule has 0 radical (unpaired) electrons. The van der Waals surface area contributed by atoms with Gasteiger partial charge in [0.05, 0.1) is 17.2 Å². The number of nitro benzene ring substituents is 1. The molecule has 0 spiro atoms. The first kappa shape index (κ1) is 15.6. The van der Waals surface area contributed by atoms with Gasteiger partial charge in [0, 0.05) is 12.1 Å². The van der Waals surface area contributed by atoms with Crippen LogP contribution in [0, 0.1) is 10.1 Å². The maximum absolute atomic E-state index is 10.6. The molecule has 5 nitrogen and oxygen atoms in total. The predicted molar refractivity (Wildman–Crippen MR) is 89.7 cm³/mol. The Bertz CT molecular complexity index is 763. The van der Waals surface area contributed by atoms with Gasteiger partial charge in [-0.05, 0) is 47.6 Å². The zero-order chi connectivity index (χ0) is 15.9. The van der Waals surface area contributed by atoms with E-state index in [4.69, 9.17) is 4.74 Å². The highest BCUT2D eigenvalue weighted by Crippen LogP contribution is 2.28. The Morgan fingerprint density at radius 2 is 1.82 bits per heavy atom. The van der Waals surface area contributed by atoms with E-state index >= 15 is 0 Å². The number of isothiocyanates is 1. The van der Waals surface area contributed by atoms with Crippen LogP contribution in [0.5, 0.6) is 5.75 Å². The van der Waals surface area contributed by atoms with Crippen LogP contribution in [-0.4, -0.2) is 17.2 Å². The molecule has 110 valence electrons. The molecule has 22 heavy (non-hydrogen) atoms. The Kier molecular flexibility index (Phi) is 5.14. The van der Waals surface area contributed by atoms with Crippen LogP contribution in [0.1, 0.15) is 11.1 Å². The van der Waals surface area contributed by atoms with Crippen LogP contribution in [-0.2, 0) is 0 Å².